The van der Waals surface area contributed by atoms with Crippen LogP contribution in [0.3, 0.4) is 0 Å². The first-order valence-electron chi connectivity index (χ1n) is 9.00. The Morgan fingerprint density at radius 1 is 1.20 bits per heavy atom. The molecule has 0 unspecified atom stereocenters. The summed E-state index contributed by atoms with van der Waals surface area (Å²) in [6, 6.07) is 5.67. The summed E-state index contributed by atoms with van der Waals surface area (Å²) in [7, 11) is 0. The predicted octanol–water partition coefficient (Wildman–Crippen LogP) is 3.11. The van der Waals surface area contributed by atoms with E-state index in [2.05, 4.69) is 5.32 Å². The minimum Gasteiger partial charge on any atom is -0.339 e. The van der Waals surface area contributed by atoms with E-state index in [1.165, 1.54) is 0 Å². The van der Waals surface area contributed by atoms with Crippen LogP contribution in [0, 0.1) is 12.8 Å². The average molecular weight is 366 g/mol. The molecule has 3 rings (SSSR count). The van der Waals surface area contributed by atoms with Gasteiger partial charge in [-0.2, -0.15) is 0 Å². The van der Waals surface area contributed by atoms with Crippen molar-refractivity contribution in [1.29, 1.82) is 0 Å². The number of halogens is 1. The van der Waals surface area contributed by atoms with Gasteiger partial charge in [0, 0.05) is 36.8 Å². The number of nitrogens with zero attached hydrogens (tertiary/aromatic N) is 1. The number of nitrogens with two attached hydrogens (primary N) is 1. The van der Waals surface area contributed by atoms with Crippen molar-refractivity contribution in [2.75, 3.05) is 18.4 Å². The molecule has 1 aromatic carbocycles. The van der Waals surface area contributed by atoms with Gasteiger partial charge in [0.1, 0.15) is 0 Å². The summed E-state index contributed by atoms with van der Waals surface area (Å²) < 4.78 is 0. The largest absolute Gasteiger partial charge is 0.339 e. The second-order valence-corrected chi connectivity index (χ2v) is 7.14. The number of amides is 2. The monoisotopic (exact) mass is 365 g/mol. The summed E-state index contributed by atoms with van der Waals surface area (Å²) in [6.07, 6.45) is 5.83. The summed E-state index contributed by atoms with van der Waals surface area (Å²) in [5.74, 6) is 0.394. The number of nitrogens with one attached hydrogen (secondary N) is 1. The van der Waals surface area contributed by atoms with Gasteiger partial charge in [-0.1, -0.05) is 6.42 Å². The normalized spacial score (nSPS) is 22.6. The average Bonchev–Trinajstić information content (AvgIpc) is 3.21. The van der Waals surface area contributed by atoms with Gasteiger partial charge in [-0.15, -0.1) is 12.4 Å². The summed E-state index contributed by atoms with van der Waals surface area (Å²) in [6.45, 7) is 3.62. The number of hydrogen-bond donors (Lipinski definition) is 2. The molecule has 1 aromatic rings. The van der Waals surface area contributed by atoms with Crippen molar-refractivity contribution in [3.8, 4) is 0 Å². The highest BCUT2D eigenvalue weighted by molar-refractivity contribution is 5.96. The van der Waals surface area contributed by atoms with Crippen LogP contribution >= 0.6 is 12.4 Å². The van der Waals surface area contributed by atoms with Gasteiger partial charge >= 0.3 is 0 Å². The van der Waals surface area contributed by atoms with Crippen molar-refractivity contribution in [2.45, 2.75) is 51.5 Å². The first kappa shape index (κ1) is 19.7. The van der Waals surface area contributed by atoms with E-state index in [-0.39, 0.29) is 30.3 Å². The van der Waals surface area contributed by atoms with E-state index in [4.69, 9.17) is 5.73 Å². The molecule has 5 nitrogen and oxygen atoms in total. The van der Waals surface area contributed by atoms with Gasteiger partial charge in [0.05, 0.1) is 0 Å². The van der Waals surface area contributed by atoms with Crippen LogP contribution in [0.2, 0.25) is 0 Å². The van der Waals surface area contributed by atoms with Gasteiger partial charge in [0.25, 0.3) is 5.91 Å². The van der Waals surface area contributed by atoms with Gasteiger partial charge in [-0.3, -0.25) is 9.59 Å². The highest BCUT2D eigenvalue weighted by Gasteiger charge is 2.26. The molecule has 1 aliphatic heterocycles. The lowest BCUT2D eigenvalue weighted by atomic mass is 9.99. The molecule has 2 amide bonds. The molecular formula is C19H28ClN3O2. The zero-order valence-corrected chi connectivity index (χ0v) is 15.6. The Balaban J connectivity index is 0.00000225. The lowest BCUT2D eigenvalue weighted by Crippen LogP contribution is -2.28. The fraction of sp³-hybridized carbons (Fsp3) is 0.579. The molecule has 1 saturated heterocycles. The second kappa shape index (κ2) is 8.68. The molecule has 2 atom stereocenters. The lowest BCUT2D eigenvalue weighted by Gasteiger charge is -2.17. The number of anilines is 1. The molecule has 0 bridgehead atoms. The zero-order valence-electron chi connectivity index (χ0n) is 14.8. The molecule has 0 aromatic heterocycles. The maximum absolute atomic E-state index is 12.4. The number of benzene rings is 1. The van der Waals surface area contributed by atoms with Gasteiger partial charge in [-0.05, 0) is 62.3 Å². The Kier molecular flexibility index (Phi) is 6.85. The van der Waals surface area contributed by atoms with E-state index < -0.39 is 0 Å². The van der Waals surface area contributed by atoms with Crippen LogP contribution in [0.25, 0.3) is 0 Å². The Labute approximate surface area is 155 Å². The molecule has 1 aliphatic carbocycles. The molecule has 1 saturated carbocycles. The number of likely N-dealkylation sites (tertiary alicyclic amines) is 1. The third kappa shape index (κ3) is 4.73. The zero-order chi connectivity index (χ0) is 17.1. The molecule has 6 heteroatoms. The standard InChI is InChI=1S/C19H27N3O2.ClH/c1-13-11-15(19(24)22-9-2-3-10-22)7-8-17(13)21-18(23)12-14-5-4-6-16(14)20;/h7-8,11,14,16H,2-6,9-10,12,20H2,1H3,(H,21,23);1H/t14-,16+;/m0./s1. The maximum atomic E-state index is 12.4. The predicted molar refractivity (Wildman–Crippen MR) is 102 cm³/mol. The van der Waals surface area contributed by atoms with Crippen LogP contribution in [0.1, 0.15) is 54.4 Å². The highest BCUT2D eigenvalue weighted by Crippen LogP contribution is 2.27. The molecule has 2 aliphatic rings. The van der Waals surface area contributed by atoms with E-state index in [0.717, 1.165) is 56.4 Å². The quantitative estimate of drug-likeness (QED) is 0.860. The Hall–Kier alpha value is -1.59. The molecule has 0 radical (unpaired) electrons. The second-order valence-electron chi connectivity index (χ2n) is 7.14. The van der Waals surface area contributed by atoms with Crippen LogP contribution < -0.4 is 11.1 Å². The molecule has 138 valence electrons. The molecular weight excluding hydrogens is 338 g/mol. The number of hydrogen-bond acceptors (Lipinski definition) is 3. The maximum Gasteiger partial charge on any atom is 0.253 e. The number of carbonyl (C=O) groups is 2. The topological polar surface area (TPSA) is 75.4 Å². The Morgan fingerprint density at radius 2 is 1.92 bits per heavy atom. The van der Waals surface area contributed by atoms with Gasteiger partial charge < -0.3 is 16.0 Å². The van der Waals surface area contributed by atoms with Crippen molar-refractivity contribution >= 4 is 29.9 Å². The first-order valence-corrected chi connectivity index (χ1v) is 9.00. The molecule has 2 fully saturated rings. The van der Waals surface area contributed by atoms with Crippen LogP contribution in [-0.4, -0.2) is 35.8 Å². The summed E-state index contributed by atoms with van der Waals surface area (Å²) in [4.78, 5) is 26.6. The molecule has 25 heavy (non-hydrogen) atoms. The number of aryl methyl sites for hydroxylation is 1. The smallest absolute Gasteiger partial charge is 0.253 e. The van der Waals surface area contributed by atoms with Crippen LogP contribution in [0.4, 0.5) is 5.69 Å². The van der Waals surface area contributed by atoms with Gasteiger partial charge in [0.15, 0.2) is 0 Å². The Morgan fingerprint density at radius 3 is 2.52 bits per heavy atom. The van der Waals surface area contributed by atoms with Crippen molar-refractivity contribution in [1.82, 2.24) is 4.90 Å². The van der Waals surface area contributed by atoms with Crippen LogP contribution in [0.5, 0.6) is 0 Å². The fourth-order valence-corrected chi connectivity index (χ4v) is 3.80. The van der Waals surface area contributed by atoms with Crippen molar-refractivity contribution in [2.24, 2.45) is 11.7 Å². The third-order valence-corrected chi connectivity index (χ3v) is 5.31. The number of rotatable bonds is 4. The lowest BCUT2D eigenvalue weighted by molar-refractivity contribution is -0.117. The summed E-state index contributed by atoms with van der Waals surface area (Å²) >= 11 is 0. The first-order chi connectivity index (χ1) is 11.5. The van der Waals surface area contributed by atoms with Crippen LogP contribution in [0.15, 0.2) is 18.2 Å². The van der Waals surface area contributed by atoms with Gasteiger partial charge in [0.2, 0.25) is 5.91 Å². The van der Waals surface area contributed by atoms with E-state index in [1.807, 2.05) is 30.0 Å². The number of carbonyl (C=O) groups excluding carboxylic acids is 2. The minimum atomic E-state index is 0. The van der Waals surface area contributed by atoms with E-state index >= 15 is 0 Å². The Bertz CT molecular complexity index is 629. The van der Waals surface area contributed by atoms with E-state index in [9.17, 15) is 9.59 Å². The fourth-order valence-electron chi connectivity index (χ4n) is 3.80. The van der Waals surface area contributed by atoms with Crippen molar-refractivity contribution in [3.05, 3.63) is 29.3 Å². The van der Waals surface area contributed by atoms with Crippen LogP contribution in [-0.2, 0) is 4.79 Å². The summed E-state index contributed by atoms with van der Waals surface area (Å²) in [5, 5.41) is 2.97. The summed E-state index contributed by atoms with van der Waals surface area (Å²) in [5.41, 5.74) is 8.44. The molecule has 1 heterocycles. The van der Waals surface area contributed by atoms with E-state index in [0.29, 0.717) is 17.9 Å². The molecule has 0 spiro atoms. The van der Waals surface area contributed by atoms with Crippen molar-refractivity contribution in [3.63, 3.8) is 0 Å². The van der Waals surface area contributed by atoms with Gasteiger partial charge in [-0.25, -0.2) is 0 Å². The molecule has 3 N–H and O–H groups in total. The third-order valence-electron chi connectivity index (χ3n) is 5.31. The van der Waals surface area contributed by atoms with E-state index in [1.54, 1.807) is 0 Å². The van der Waals surface area contributed by atoms with Crippen molar-refractivity contribution < 1.29 is 9.59 Å². The highest BCUT2D eigenvalue weighted by atomic mass is 35.5. The SMILES string of the molecule is Cc1cc(C(=O)N2CCCC2)ccc1NC(=O)C[C@@H]1CCC[C@H]1N.Cl. The minimum absolute atomic E-state index is 0.